The molecule has 0 fully saturated rings. The van der Waals surface area contributed by atoms with E-state index in [-0.39, 0.29) is 16.9 Å². The first-order valence-electron chi connectivity index (χ1n) is 8.68. The van der Waals surface area contributed by atoms with Crippen LogP contribution in [0.5, 0.6) is 0 Å². The lowest BCUT2D eigenvalue weighted by atomic mass is 10.1. The van der Waals surface area contributed by atoms with Gasteiger partial charge in [0.25, 0.3) is 5.91 Å². The van der Waals surface area contributed by atoms with E-state index in [0.29, 0.717) is 12.1 Å². The molecule has 1 heterocycles. The average molecular weight is 326 g/mol. The summed E-state index contributed by atoms with van der Waals surface area (Å²) in [6.45, 7) is 6.93. The topological polar surface area (TPSA) is 51.1 Å². The maximum Gasteiger partial charge on any atom is 0.261 e. The molecule has 0 unspecified atom stereocenters. The first-order chi connectivity index (χ1) is 11.6. The molecule has 0 saturated heterocycles. The van der Waals surface area contributed by atoms with Crippen molar-refractivity contribution in [2.24, 2.45) is 0 Å². The number of benzene rings is 1. The highest BCUT2D eigenvalue weighted by molar-refractivity contribution is 6.05. The SMILES string of the molecule is CCCCCn1c(C)cc(=O)c(C(=O)Nc2ccccc2)c1CC. The first-order valence-corrected chi connectivity index (χ1v) is 8.68. The molecular weight excluding hydrogens is 300 g/mol. The van der Waals surface area contributed by atoms with Gasteiger partial charge in [-0.25, -0.2) is 0 Å². The highest BCUT2D eigenvalue weighted by Gasteiger charge is 2.19. The maximum atomic E-state index is 12.7. The van der Waals surface area contributed by atoms with Gasteiger partial charge in [0.05, 0.1) is 0 Å². The van der Waals surface area contributed by atoms with Crippen molar-refractivity contribution in [1.82, 2.24) is 4.57 Å². The van der Waals surface area contributed by atoms with Crippen LogP contribution in [0.15, 0.2) is 41.2 Å². The van der Waals surface area contributed by atoms with Crippen LogP contribution < -0.4 is 10.7 Å². The van der Waals surface area contributed by atoms with Crippen molar-refractivity contribution in [3.05, 3.63) is 63.6 Å². The first kappa shape index (κ1) is 18.0. The maximum absolute atomic E-state index is 12.7. The molecule has 4 nitrogen and oxygen atoms in total. The zero-order valence-corrected chi connectivity index (χ0v) is 14.8. The molecule has 24 heavy (non-hydrogen) atoms. The van der Waals surface area contributed by atoms with E-state index in [0.717, 1.165) is 37.2 Å². The number of rotatable bonds is 7. The summed E-state index contributed by atoms with van der Waals surface area (Å²) >= 11 is 0. The number of aryl methyl sites for hydroxylation is 1. The lowest BCUT2D eigenvalue weighted by Gasteiger charge is -2.19. The predicted octanol–water partition coefficient (Wildman–Crippen LogP) is 4.16. The molecule has 0 aliphatic rings. The fourth-order valence-corrected chi connectivity index (χ4v) is 2.99. The molecule has 2 aromatic rings. The van der Waals surface area contributed by atoms with Crippen LogP contribution in [0.25, 0.3) is 0 Å². The van der Waals surface area contributed by atoms with Crippen molar-refractivity contribution in [3.63, 3.8) is 0 Å². The molecule has 0 aliphatic heterocycles. The van der Waals surface area contributed by atoms with Crippen molar-refractivity contribution in [3.8, 4) is 0 Å². The summed E-state index contributed by atoms with van der Waals surface area (Å²) in [4.78, 5) is 25.1. The van der Waals surface area contributed by atoms with Crippen LogP contribution in [0.4, 0.5) is 5.69 Å². The molecule has 0 spiro atoms. The van der Waals surface area contributed by atoms with Crippen LogP contribution >= 0.6 is 0 Å². The van der Waals surface area contributed by atoms with E-state index < -0.39 is 0 Å². The van der Waals surface area contributed by atoms with Crippen molar-refractivity contribution < 1.29 is 4.79 Å². The Kier molecular flexibility index (Phi) is 6.36. The molecule has 0 radical (unpaired) electrons. The molecule has 1 aromatic carbocycles. The third-order valence-corrected chi connectivity index (χ3v) is 4.21. The minimum Gasteiger partial charge on any atom is -0.348 e. The Morgan fingerprint density at radius 2 is 1.83 bits per heavy atom. The average Bonchev–Trinajstić information content (AvgIpc) is 2.57. The lowest BCUT2D eigenvalue weighted by Crippen LogP contribution is -2.28. The molecular formula is C20H26N2O2. The second-order valence-electron chi connectivity index (χ2n) is 6.00. The minimum absolute atomic E-state index is 0.204. The number of amides is 1. The van der Waals surface area contributed by atoms with Gasteiger partial charge in [-0.3, -0.25) is 9.59 Å². The van der Waals surface area contributed by atoms with E-state index in [9.17, 15) is 9.59 Å². The Morgan fingerprint density at radius 3 is 2.46 bits per heavy atom. The second-order valence-corrected chi connectivity index (χ2v) is 6.00. The highest BCUT2D eigenvalue weighted by atomic mass is 16.2. The number of hydrogen-bond donors (Lipinski definition) is 1. The number of anilines is 1. The molecule has 128 valence electrons. The molecule has 2 rings (SSSR count). The molecule has 4 heteroatoms. The lowest BCUT2D eigenvalue weighted by molar-refractivity contribution is 0.102. The van der Waals surface area contributed by atoms with Gasteiger partial charge in [-0.05, 0) is 31.9 Å². The number of nitrogens with one attached hydrogen (secondary N) is 1. The second kappa shape index (κ2) is 8.48. The standard InChI is InChI=1S/C20H26N2O2/c1-4-6-10-13-22-15(3)14-18(23)19(17(22)5-2)20(24)21-16-11-8-7-9-12-16/h7-9,11-12,14H,4-6,10,13H2,1-3H3,(H,21,24). The van der Waals surface area contributed by atoms with Gasteiger partial charge in [0.1, 0.15) is 5.56 Å². The van der Waals surface area contributed by atoms with Crippen LogP contribution in [0.1, 0.15) is 54.9 Å². The summed E-state index contributed by atoms with van der Waals surface area (Å²) < 4.78 is 2.12. The third-order valence-electron chi connectivity index (χ3n) is 4.21. The predicted molar refractivity (Wildman–Crippen MR) is 98.7 cm³/mol. The molecule has 0 atom stereocenters. The van der Waals surface area contributed by atoms with Crippen LogP contribution in [0.3, 0.4) is 0 Å². The molecule has 0 bridgehead atoms. The van der Waals surface area contributed by atoms with Gasteiger partial charge in [0.2, 0.25) is 0 Å². The Labute approximate surface area is 143 Å². The number of aromatic nitrogens is 1. The van der Waals surface area contributed by atoms with Crippen molar-refractivity contribution in [2.75, 3.05) is 5.32 Å². The number of hydrogen-bond acceptors (Lipinski definition) is 2. The highest BCUT2D eigenvalue weighted by Crippen LogP contribution is 2.14. The fraction of sp³-hybridized carbons (Fsp3) is 0.400. The van der Waals surface area contributed by atoms with E-state index in [4.69, 9.17) is 0 Å². The molecule has 1 N–H and O–H groups in total. The van der Waals surface area contributed by atoms with Crippen LogP contribution in [-0.4, -0.2) is 10.5 Å². The number of unbranched alkanes of at least 4 members (excludes halogenated alkanes) is 2. The van der Waals surface area contributed by atoms with Gasteiger partial charge in [-0.2, -0.15) is 0 Å². The number of para-hydroxylation sites is 1. The van der Waals surface area contributed by atoms with E-state index in [1.54, 1.807) is 6.07 Å². The Bertz CT molecular complexity index is 748. The molecule has 1 amide bonds. The van der Waals surface area contributed by atoms with Gasteiger partial charge >= 0.3 is 0 Å². The van der Waals surface area contributed by atoms with Gasteiger partial charge in [0, 0.05) is 29.7 Å². The van der Waals surface area contributed by atoms with Gasteiger partial charge < -0.3 is 9.88 Å². The summed E-state index contributed by atoms with van der Waals surface area (Å²) in [6.07, 6.45) is 3.98. The summed E-state index contributed by atoms with van der Waals surface area (Å²) in [5.74, 6) is -0.327. The third kappa shape index (κ3) is 4.13. The summed E-state index contributed by atoms with van der Waals surface area (Å²) in [7, 11) is 0. The molecule has 1 aromatic heterocycles. The van der Waals surface area contributed by atoms with Crippen molar-refractivity contribution in [2.45, 2.75) is 53.0 Å². The quantitative estimate of drug-likeness (QED) is 0.777. The Morgan fingerprint density at radius 1 is 1.12 bits per heavy atom. The van der Waals surface area contributed by atoms with E-state index in [1.165, 1.54) is 0 Å². The molecule has 0 saturated carbocycles. The van der Waals surface area contributed by atoms with Crippen molar-refractivity contribution >= 4 is 11.6 Å². The Balaban J connectivity index is 2.39. The van der Waals surface area contributed by atoms with E-state index in [1.807, 2.05) is 44.2 Å². The fourth-order valence-electron chi connectivity index (χ4n) is 2.99. The normalized spacial score (nSPS) is 10.6. The summed E-state index contributed by atoms with van der Waals surface area (Å²) in [6, 6.07) is 10.8. The van der Waals surface area contributed by atoms with E-state index >= 15 is 0 Å². The zero-order valence-electron chi connectivity index (χ0n) is 14.8. The van der Waals surface area contributed by atoms with Gasteiger partial charge in [0.15, 0.2) is 5.43 Å². The molecule has 0 aliphatic carbocycles. The van der Waals surface area contributed by atoms with Crippen LogP contribution in [0.2, 0.25) is 0 Å². The van der Waals surface area contributed by atoms with Gasteiger partial charge in [-0.15, -0.1) is 0 Å². The zero-order chi connectivity index (χ0) is 17.5. The van der Waals surface area contributed by atoms with Gasteiger partial charge in [-0.1, -0.05) is 44.9 Å². The minimum atomic E-state index is -0.327. The van der Waals surface area contributed by atoms with Crippen LogP contribution in [0, 0.1) is 6.92 Å². The van der Waals surface area contributed by atoms with Crippen molar-refractivity contribution in [1.29, 1.82) is 0 Å². The monoisotopic (exact) mass is 326 g/mol. The number of carbonyl (C=O) groups excluding carboxylic acids is 1. The summed E-state index contributed by atoms with van der Waals surface area (Å²) in [5.41, 5.74) is 2.50. The largest absolute Gasteiger partial charge is 0.348 e. The number of carbonyl (C=O) groups is 1. The Hall–Kier alpha value is -2.36. The number of pyridine rings is 1. The number of nitrogens with zero attached hydrogens (tertiary/aromatic N) is 1. The smallest absolute Gasteiger partial charge is 0.261 e. The summed E-state index contributed by atoms with van der Waals surface area (Å²) in [5, 5.41) is 2.84. The van der Waals surface area contributed by atoms with Crippen LogP contribution in [-0.2, 0) is 13.0 Å². The van der Waals surface area contributed by atoms with E-state index in [2.05, 4.69) is 16.8 Å².